The summed E-state index contributed by atoms with van der Waals surface area (Å²) in [5.41, 5.74) is 8.11. The Morgan fingerprint density at radius 1 is 1.29 bits per heavy atom. The van der Waals surface area contributed by atoms with Crippen LogP contribution >= 0.6 is 0 Å². The largest absolute Gasteiger partial charge is 0.465 e. The van der Waals surface area contributed by atoms with Crippen LogP contribution in [-0.4, -0.2) is 19.6 Å². The van der Waals surface area contributed by atoms with Crippen LogP contribution in [-0.2, 0) is 11.2 Å². The monoisotopic (exact) mass is 288 g/mol. The minimum atomic E-state index is -0.471. The summed E-state index contributed by atoms with van der Waals surface area (Å²) in [5, 5.41) is 3.17. The normalized spacial score (nSPS) is 10.2. The number of nitrogens with one attached hydrogen (secondary N) is 1. The van der Waals surface area contributed by atoms with Gasteiger partial charge in [-0.05, 0) is 42.3 Å². The molecule has 0 aliphatic carbocycles. The highest BCUT2D eigenvalue weighted by atomic mass is 19.1. The van der Waals surface area contributed by atoms with Gasteiger partial charge in [0.15, 0.2) is 0 Å². The fraction of sp³-hybridized carbons (Fsp3) is 0.188. The van der Waals surface area contributed by atoms with Crippen LogP contribution in [0.5, 0.6) is 0 Å². The molecular formula is C16H17FN2O2. The number of hydrogen-bond donors (Lipinski definition) is 2. The smallest absolute Gasteiger partial charge is 0.340 e. The molecule has 3 N–H and O–H groups in total. The van der Waals surface area contributed by atoms with Gasteiger partial charge in [-0.25, -0.2) is 9.18 Å². The number of rotatable bonds is 5. The summed E-state index contributed by atoms with van der Waals surface area (Å²) < 4.78 is 17.7. The van der Waals surface area contributed by atoms with Crippen LogP contribution in [0.25, 0.3) is 0 Å². The topological polar surface area (TPSA) is 64.3 Å². The Morgan fingerprint density at radius 2 is 2.10 bits per heavy atom. The summed E-state index contributed by atoms with van der Waals surface area (Å²) in [4.78, 5) is 11.5. The molecule has 2 aromatic rings. The fourth-order valence-corrected chi connectivity index (χ4v) is 2.00. The first kappa shape index (κ1) is 14.8. The van der Waals surface area contributed by atoms with E-state index in [4.69, 9.17) is 5.73 Å². The molecule has 0 aliphatic heterocycles. The lowest BCUT2D eigenvalue weighted by atomic mass is 10.1. The van der Waals surface area contributed by atoms with Crippen LogP contribution in [0.3, 0.4) is 0 Å². The molecule has 0 aromatic heterocycles. The maximum absolute atomic E-state index is 13.1. The predicted octanol–water partition coefficient (Wildman–Crippen LogP) is 2.85. The SMILES string of the molecule is COC(=O)c1cc(NCCc2cccc(F)c2)ccc1N. The zero-order valence-corrected chi connectivity index (χ0v) is 11.7. The zero-order valence-electron chi connectivity index (χ0n) is 11.7. The maximum Gasteiger partial charge on any atom is 0.340 e. The van der Waals surface area contributed by atoms with E-state index in [0.717, 1.165) is 11.3 Å². The lowest BCUT2D eigenvalue weighted by Gasteiger charge is -2.10. The van der Waals surface area contributed by atoms with Gasteiger partial charge in [0, 0.05) is 17.9 Å². The van der Waals surface area contributed by atoms with E-state index in [1.165, 1.54) is 19.2 Å². The first-order valence-corrected chi connectivity index (χ1v) is 6.56. The van der Waals surface area contributed by atoms with Gasteiger partial charge in [0.05, 0.1) is 12.7 Å². The molecule has 0 saturated carbocycles. The highest BCUT2D eigenvalue weighted by Gasteiger charge is 2.10. The van der Waals surface area contributed by atoms with Gasteiger partial charge in [-0.3, -0.25) is 0 Å². The summed E-state index contributed by atoms with van der Waals surface area (Å²) >= 11 is 0. The van der Waals surface area contributed by atoms with Gasteiger partial charge in [0.1, 0.15) is 5.82 Å². The summed E-state index contributed by atoms with van der Waals surface area (Å²) in [6.07, 6.45) is 0.676. The molecule has 21 heavy (non-hydrogen) atoms. The Hall–Kier alpha value is -2.56. The van der Waals surface area contributed by atoms with Gasteiger partial charge in [-0.1, -0.05) is 12.1 Å². The Bertz CT molecular complexity index is 644. The summed E-state index contributed by atoms with van der Waals surface area (Å²) in [6, 6.07) is 11.6. The Kier molecular flexibility index (Phi) is 4.77. The molecule has 4 nitrogen and oxygen atoms in total. The van der Waals surface area contributed by atoms with Gasteiger partial charge in [-0.15, -0.1) is 0 Å². The van der Waals surface area contributed by atoms with Crippen molar-refractivity contribution in [2.24, 2.45) is 0 Å². The van der Waals surface area contributed by atoms with Crippen LogP contribution < -0.4 is 11.1 Å². The molecule has 5 heteroatoms. The van der Waals surface area contributed by atoms with Gasteiger partial charge < -0.3 is 15.8 Å². The van der Waals surface area contributed by atoms with Gasteiger partial charge in [-0.2, -0.15) is 0 Å². The lowest BCUT2D eigenvalue weighted by Crippen LogP contribution is -2.09. The predicted molar refractivity (Wildman–Crippen MR) is 80.8 cm³/mol. The third kappa shape index (κ3) is 3.95. The van der Waals surface area contributed by atoms with E-state index >= 15 is 0 Å². The second-order valence-electron chi connectivity index (χ2n) is 4.60. The quantitative estimate of drug-likeness (QED) is 0.656. The molecule has 0 amide bonds. The molecule has 0 fully saturated rings. The van der Waals surface area contributed by atoms with Crippen molar-refractivity contribution < 1.29 is 13.9 Å². The van der Waals surface area contributed by atoms with E-state index in [1.54, 1.807) is 24.3 Å². The summed E-state index contributed by atoms with van der Waals surface area (Å²) in [6.45, 7) is 0.619. The third-order valence-electron chi connectivity index (χ3n) is 3.09. The molecule has 0 aliphatic rings. The number of nitrogens with two attached hydrogens (primary N) is 1. The Morgan fingerprint density at radius 3 is 2.81 bits per heavy atom. The van der Waals surface area contributed by atoms with E-state index in [2.05, 4.69) is 10.1 Å². The van der Waals surface area contributed by atoms with Crippen LogP contribution in [0.1, 0.15) is 15.9 Å². The molecule has 0 unspecified atom stereocenters. The van der Waals surface area contributed by atoms with Crippen molar-refractivity contribution >= 4 is 17.3 Å². The lowest BCUT2D eigenvalue weighted by molar-refractivity contribution is 0.0602. The van der Waals surface area contributed by atoms with E-state index < -0.39 is 5.97 Å². The minimum Gasteiger partial charge on any atom is -0.465 e. The number of hydrogen-bond acceptors (Lipinski definition) is 4. The second kappa shape index (κ2) is 6.74. The van der Waals surface area contributed by atoms with E-state index in [9.17, 15) is 9.18 Å². The summed E-state index contributed by atoms with van der Waals surface area (Å²) in [5.74, 6) is -0.714. The number of halogens is 1. The highest BCUT2D eigenvalue weighted by Crippen LogP contribution is 2.18. The van der Waals surface area contributed by atoms with Crippen molar-refractivity contribution in [2.75, 3.05) is 24.7 Å². The molecule has 0 heterocycles. The minimum absolute atomic E-state index is 0.243. The van der Waals surface area contributed by atoms with Crippen LogP contribution in [0.15, 0.2) is 42.5 Å². The second-order valence-corrected chi connectivity index (χ2v) is 4.60. The molecule has 0 saturated heterocycles. The number of anilines is 2. The standard InChI is InChI=1S/C16H17FN2O2/c1-21-16(20)14-10-13(5-6-15(14)18)19-8-7-11-3-2-4-12(17)9-11/h2-6,9-10,19H,7-8,18H2,1H3. The van der Waals surface area contributed by atoms with Crippen LogP contribution in [0.4, 0.5) is 15.8 Å². The third-order valence-corrected chi connectivity index (χ3v) is 3.09. The average Bonchev–Trinajstić information content (AvgIpc) is 2.48. The maximum atomic E-state index is 13.1. The van der Waals surface area contributed by atoms with Crippen molar-refractivity contribution in [1.82, 2.24) is 0 Å². The van der Waals surface area contributed by atoms with Crippen LogP contribution in [0, 0.1) is 5.82 Å². The Balaban J connectivity index is 1.99. The van der Waals surface area contributed by atoms with Crippen molar-refractivity contribution in [1.29, 1.82) is 0 Å². The van der Waals surface area contributed by atoms with E-state index in [1.807, 2.05) is 6.07 Å². The molecule has 0 bridgehead atoms. The molecular weight excluding hydrogens is 271 g/mol. The van der Waals surface area contributed by atoms with Gasteiger partial charge in [0.25, 0.3) is 0 Å². The first-order chi connectivity index (χ1) is 10.1. The summed E-state index contributed by atoms with van der Waals surface area (Å²) in [7, 11) is 1.31. The number of benzene rings is 2. The number of ether oxygens (including phenoxy) is 1. The fourth-order valence-electron chi connectivity index (χ4n) is 2.00. The molecule has 2 rings (SSSR count). The molecule has 110 valence electrons. The molecule has 2 aromatic carbocycles. The zero-order chi connectivity index (χ0) is 15.2. The Labute approximate surface area is 122 Å². The van der Waals surface area contributed by atoms with Crippen molar-refractivity contribution in [3.63, 3.8) is 0 Å². The van der Waals surface area contributed by atoms with E-state index in [0.29, 0.717) is 24.2 Å². The molecule has 0 atom stereocenters. The highest BCUT2D eigenvalue weighted by molar-refractivity contribution is 5.96. The van der Waals surface area contributed by atoms with Gasteiger partial charge >= 0.3 is 5.97 Å². The average molecular weight is 288 g/mol. The first-order valence-electron chi connectivity index (χ1n) is 6.56. The van der Waals surface area contributed by atoms with Crippen molar-refractivity contribution in [2.45, 2.75) is 6.42 Å². The number of carbonyl (C=O) groups excluding carboxylic acids is 1. The van der Waals surface area contributed by atoms with Gasteiger partial charge in [0.2, 0.25) is 0 Å². The number of nitrogen functional groups attached to an aromatic ring is 1. The number of esters is 1. The number of carbonyl (C=O) groups is 1. The number of methoxy groups -OCH3 is 1. The molecule has 0 radical (unpaired) electrons. The van der Waals surface area contributed by atoms with Crippen LogP contribution in [0.2, 0.25) is 0 Å². The van der Waals surface area contributed by atoms with Crippen molar-refractivity contribution in [3.8, 4) is 0 Å². The van der Waals surface area contributed by atoms with Crippen molar-refractivity contribution in [3.05, 3.63) is 59.4 Å². The van der Waals surface area contributed by atoms with E-state index in [-0.39, 0.29) is 5.82 Å². The molecule has 0 spiro atoms.